The maximum absolute atomic E-state index is 13.7. The second kappa shape index (κ2) is 8.49. The summed E-state index contributed by atoms with van der Waals surface area (Å²) < 4.78 is 32.6. The van der Waals surface area contributed by atoms with Crippen LogP contribution in [-0.4, -0.2) is 12.7 Å². The standard InChI is InChI=1S/C20H20ClF2NO2/c21-18-12-17(9-10-19(18)23)24(16-8-4-7-15(22)11-16)20(25)26-13-14-5-2-1-3-6-14/h4,7-12,14H,1-3,5-6,13H2. The van der Waals surface area contributed by atoms with Crippen molar-refractivity contribution >= 4 is 29.1 Å². The quantitative estimate of drug-likeness (QED) is 0.609. The average Bonchev–Trinajstić information content (AvgIpc) is 2.64. The van der Waals surface area contributed by atoms with Gasteiger partial charge in [0.05, 0.1) is 23.0 Å². The van der Waals surface area contributed by atoms with Gasteiger partial charge in [-0.1, -0.05) is 36.9 Å². The lowest BCUT2D eigenvalue weighted by Gasteiger charge is -2.25. The summed E-state index contributed by atoms with van der Waals surface area (Å²) in [5.74, 6) is -0.732. The smallest absolute Gasteiger partial charge is 0.418 e. The van der Waals surface area contributed by atoms with E-state index < -0.39 is 17.7 Å². The molecule has 0 heterocycles. The van der Waals surface area contributed by atoms with Crippen LogP contribution >= 0.6 is 11.6 Å². The molecule has 3 rings (SSSR count). The lowest BCUT2D eigenvalue weighted by Crippen LogP contribution is -2.29. The Balaban J connectivity index is 1.84. The number of halogens is 3. The van der Waals surface area contributed by atoms with Gasteiger partial charge in [0.25, 0.3) is 0 Å². The maximum atomic E-state index is 13.7. The normalized spacial score (nSPS) is 14.9. The van der Waals surface area contributed by atoms with E-state index in [1.54, 1.807) is 6.07 Å². The Morgan fingerprint density at radius 1 is 1.08 bits per heavy atom. The molecule has 6 heteroatoms. The van der Waals surface area contributed by atoms with Gasteiger partial charge in [-0.3, -0.25) is 0 Å². The van der Waals surface area contributed by atoms with Crippen LogP contribution in [0.1, 0.15) is 32.1 Å². The number of benzene rings is 2. The van der Waals surface area contributed by atoms with Crippen LogP contribution in [0, 0.1) is 17.6 Å². The van der Waals surface area contributed by atoms with Crippen LogP contribution in [0.25, 0.3) is 0 Å². The van der Waals surface area contributed by atoms with Gasteiger partial charge in [-0.05, 0) is 55.2 Å². The Morgan fingerprint density at radius 2 is 1.81 bits per heavy atom. The highest BCUT2D eigenvalue weighted by Gasteiger charge is 2.23. The first kappa shape index (κ1) is 18.6. The molecule has 2 aromatic rings. The molecule has 2 aromatic carbocycles. The van der Waals surface area contributed by atoms with Crippen molar-refractivity contribution in [1.82, 2.24) is 0 Å². The monoisotopic (exact) mass is 379 g/mol. The van der Waals surface area contributed by atoms with Crippen molar-refractivity contribution in [3.63, 3.8) is 0 Å². The second-order valence-corrected chi connectivity index (χ2v) is 6.90. The summed E-state index contributed by atoms with van der Waals surface area (Å²) in [6.45, 7) is 0.319. The fraction of sp³-hybridized carbons (Fsp3) is 0.350. The first-order chi connectivity index (χ1) is 12.5. The predicted molar refractivity (Wildman–Crippen MR) is 97.9 cm³/mol. The predicted octanol–water partition coefficient (Wildman–Crippen LogP) is 6.47. The molecule has 1 fully saturated rings. The molecular weight excluding hydrogens is 360 g/mol. The van der Waals surface area contributed by atoms with E-state index in [0.717, 1.165) is 25.7 Å². The Morgan fingerprint density at radius 3 is 2.50 bits per heavy atom. The van der Waals surface area contributed by atoms with Crippen molar-refractivity contribution in [3.05, 3.63) is 59.1 Å². The summed E-state index contributed by atoms with van der Waals surface area (Å²) in [5, 5.41) is -0.121. The van der Waals surface area contributed by atoms with Crippen LogP contribution in [0.4, 0.5) is 25.0 Å². The number of ether oxygens (including phenoxy) is 1. The van der Waals surface area contributed by atoms with Gasteiger partial charge in [-0.25, -0.2) is 18.5 Å². The number of nitrogens with zero attached hydrogens (tertiary/aromatic N) is 1. The zero-order valence-electron chi connectivity index (χ0n) is 14.3. The van der Waals surface area contributed by atoms with Gasteiger partial charge in [-0.15, -0.1) is 0 Å². The van der Waals surface area contributed by atoms with Gasteiger partial charge in [-0.2, -0.15) is 0 Å². The molecule has 0 bridgehead atoms. The van der Waals surface area contributed by atoms with Gasteiger partial charge in [0.2, 0.25) is 0 Å². The van der Waals surface area contributed by atoms with Crippen molar-refractivity contribution < 1.29 is 18.3 Å². The van der Waals surface area contributed by atoms with Crippen molar-refractivity contribution in [2.45, 2.75) is 32.1 Å². The lowest BCUT2D eigenvalue weighted by atomic mass is 9.90. The van der Waals surface area contributed by atoms with E-state index in [0.29, 0.717) is 23.9 Å². The minimum atomic E-state index is -0.635. The number of anilines is 2. The van der Waals surface area contributed by atoms with E-state index in [4.69, 9.17) is 16.3 Å². The molecule has 0 atom stereocenters. The number of amides is 1. The number of carbonyl (C=O) groups excluding carboxylic acids is 1. The van der Waals surface area contributed by atoms with E-state index in [2.05, 4.69) is 0 Å². The van der Waals surface area contributed by atoms with Crippen molar-refractivity contribution in [3.8, 4) is 0 Å². The third kappa shape index (κ3) is 4.52. The molecule has 0 aromatic heterocycles. The minimum Gasteiger partial charge on any atom is -0.449 e. The van der Waals surface area contributed by atoms with Crippen molar-refractivity contribution in [2.75, 3.05) is 11.5 Å². The van der Waals surface area contributed by atoms with Crippen molar-refractivity contribution in [1.29, 1.82) is 0 Å². The summed E-state index contributed by atoms with van der Waals surface area (Å²) in [5.41, 5.74) is 0.608. The zero-order valence-corrected chi connectivity index (χ0v) is 15.0. The van der Waals surface area contributed by atoms with E-state index in [1.165, 1.54) is 47.7 Å². The number of rotatable bonds is 4. The molecule has 1 saturated carbocycles. The Labute approximate surface area is 156 Å². The van der Waals surface area contributed by atoms with Crippen LogP contribution in [0.15, 0.2) is 42.5 Å². The molecule has 0 radical (unpaired) electrons. The average molecular weight is 380 g/mol. The molecule has 1 aliphatic carbocycles. The number of hydrogen-bond acceptors (Lipinski definition) is 2. The molecule has 0 N–H and O–H groups in total. The van der Waals surface area contributed by atoms with Gasteiger partial charge in [0.1, 0.15) is 11.6 Å². The largest absolute Gasteiger partial charge is 0.449 e. The van der Waals surface area contributed by atoms with Crippen LogP contribution in [0.2, 0.25) is 5.02 Å². The van der Waals surface area contributed by atoms with Crippen molar-refractivity contribution in [2.24, 2.45) is 5.92 Å². The van der Waals surface area contributed by atoms with Crippen LogP contribution in [0.5, 0.6) is 0 Å². The lowest BCUT2D eigenvalue weighted by molar-refractivity contribution is 0.124. The molecule has 0 aliphatic heterocycles. The highest BCUT2D eigenvalue weighted by molar-refractivity contribution is 6.31. The zero-order chi connectivity index (χ0) is 18.5. The van der Waals surface area contributed by atoms with Crippen LogP contribution in [-0.2, 0) is 4.74 Å². The molecule has 3 nitrogen and oxygen atoms in total. The molecule has 0 unspecified atom stereocenters. The molecule has 138 valence electrons. The minimum absolute atomic E-state index is 0.121. The molecule has 0 saturated heterocycles. The van der Waals surface area contributed by atoms with Gasteiger partial charge in [0.15, 0.2) is 0 Å². The van der Waals surface area contributed by atoms with E-state index in [1.807, 2.05) is 0 Å². The maximum Gasteiger partial charge on any atom is 0.418 e. The molecular formula is C20H20ClF2NO2. The van der Waals surface area contributed by atoms with E-state index >= 15 is 0 Å². The van der Waals surface area contributed by atoms with Gasteiger partial charge >= 0.3 is 6.09 Å². The summed E-state index contributed by atoms with van der Waals surface area (Å²) in [6.07, 6.45) is 4.94. The third-order valence-corrected chi connectivity index (χ3v) is 4.87. The number of hydrogen-bond donors (Lipinski definition) is 0. The SMILES string of the molecule is O=C(OCC1CCCCC1)N(c1cccc(F)c1)c1ccc(F)c(Cl)c1. The van der Waals surface area contributed by atoms with Gasteiger partial charge < -0.3 is 4.74 Å². The summed E-state index contributed by atoms with van der Waals surface area (Å²) in [6, 6.07) is 9.49. The van der Waals surface area contributed by atoms with E-state index in [9.17, 15) is 13.6 Å². The fourth-order valence-electron chi connectivity index (χ4n) is 3.21. The fourth-order valence-corrected chi connectivity index (χ4v) is 3.38. The summed E-state index contributed by atoms with van der Waals surface area (Å²) in [4.78, 5) is 13.9. The van der Waals surface area contributed by atoms with Gasteiger partial charge in [0, 0.05) is 0 Å². The second-order valence-electron chi connectivity index (χ2n) is 6.49. The summed E-state index contributed by atoms with van der Waals surface area (Å²) >= 11 is 5.85. The first-order valence-electron chi connectivity index (χ1n) is 8.72. The highest BCUT2D eigenvalue weighted by Crippen LogP contribution is 2.31. The third-order valence-electron chi connectivity index (χ3n) is 4.58. The molecule has 0 spiro atoms. The first-order valence-corrected chi connectivity index (χ1v) is 9.10. The Hall–Kier alpha value is -2.14. The van der Waals surface area contributed by atoms with Crippen LogP contribution < -0.4 is 4.90 Å². The Kier molecular flexibility index (Phi) is 6.09. The number of carbonyl (C=O) groups is 1. The summed E-state index contributed by atoms with van der Waals surface area (Å²) in [7, 11) is 0. The molecule has 26 heavy (non-hydrogen) atoms. The molecule has 1 aliphatic rings. The Bertz CT molecular complexity index is 778. The highest BCUT2D eigenvalue weighted by atomic mass is 35.5. The molecule has 1 amide bonds. The van der Waals surface area contributed by atoms with E-state index in [-0.39, 0.29) is 5.02 Å². The van der Waals surface area contributed by atoms with Crippen LogP contribution in [0.3, 0.4) is 0 Å². The topological polar surface area (TPSA) is 29.5 Å².